The van der Waals surface area contributed by atoms with Gasteiger partial charge in [-0.15, -0.1) is 0 Å². The average Bonchev–Trinajstić information content (AvgIpc) is 2.56. The second-order valence-electron chi connectivity index (χ2n) is 4.81. The number of benzene rings is 1. The maximum Gasteiger partial charge on any atom is 0.372 e. The number of aryl methyl sites for hydroxylation is 2. The van der Waals surface area contributed by atoms with Crippen LogP contribution in [0, 0.1) is 13.8 Å². The molecule has 0 amide bonds. The minimum Gasteiger partial charge on any atom is -0.482 e. The molecule has 0 fully saturated rings. The fourth-order valence-electron chi connectivity index (χ4n) is 1.82. The van der Waals surface area contributed by atoms with Gasteiger partial charge < -0.3 is 15.3 Å². The van der Waals surface area contributed by atoms with Crippen molar-refractivity contribution >= 4 is 23.4 Å². The van der Waals surface area contributed by atoms with E-state index >= 15 is 0 Å². The number of hydrogen-bond donors (Lipinski definition) is 1. The lowest BCUT2D eigenvalue weighted by molar-refractivity contribution is -0.146. The lowest BCUT2D eigenvalue weighted by Gasteiger charge is -2.08. The van der Waals surface area contributed by atoms with Gasteiger partial charge in [-0.1, -0.05) is 22.8 Å². The number of oxime groups is 1. The molecule has 1 heterocycles. The molecule has 0 unspecified atom stereocenters. The summed E-state index contributed by atoms with van der Waals surface area (Å²) in [6.45, 7) is 3.43. The highest BCUT2D eigenvalue weighted by atomic mass is 35.5. The van der Waals surface area contributed by atoms with Gasteiger partial charge in [0.05, 0.1) is 0 Å². The van der Waals surface area contributed by atoms with Gasteiger partial charge in [0, 0.05) is 11.2 Å². The van der Waals surface area contributed by atoms with Crippen LogP contribution in [0.4, 0.5) is 0 Å². The van der Waals surface area contributed by atoms with Crippen LogP contribution in [0.5, 0.6) is 5.75 Å². The molecule has 1 aromatic carbocycles. The van der Waals surface area contributed by atoms with E-state index in [1.807, 2.05) is 13.8 Å². The van der Waals surface area contributed by atoms with E-state index in [2.05, 4.69) is 10.1 Å². The highest BCUT2D eigenvalue weighted by Crippen LogP contribution is 2.25. The zero-order valence-corrected chi connectivity index (χ0v) is 13.5. The zero-order chi connectivity index (χ0) is 16.8. The van der Waals surface area contributed by atoms with Crippen LogP contribution >= 0.6 is 11.6 Å². The Morgan fingerprint density at radius 3 is 2.61 bits per heavy atom. The van der Waals surface area contributed by atoms with Crippen LogP contribution in [-0.4, -0.2) is 23.4 Å². The summed E-state index contributed by atoms with van der Waals surface area (Å²) < 4.78 is 5.36. The molecule has 0 bridgehead atoms. The molecule has 0 atom stereocenters. The van der Waals surface area contributed by atoms with Crippen LogP contribution in [0.3, 0.4) is 0 Å². The molecule has 0 aliphatic rings. The lowest BCUT2D eigenvalue weighted by atomic mass is 10.1. The summed E-state index contributed by atoms with van der Waals surface area (Å²) in [6.07, 6.45) is 1.56. The molecule has 0 saturated carbocycles. The molecule has 1 aromatic heterocycles. The van der Waals surface area contributed by atoms with Crippen LogP contribution < -0.4 is 10.5 Å². The van der Waals surface area contributed by atoms with E-state index < -0.39 is 5.97 Å². The van der Waals surface area contributed by atoms with E-state index in [0.717, 1.165) is 11.1 Å². The Hall–Kier alpha value is -2.60. The van der Waals surface area contributed by atoms with E-state index in [4.69, 9.17) is 26.9 Å². The molecular formula is C16H16ClN3O3. The van der Waals surface area contributed by atoms with Crippen molar-refractivity contribution < 1.29 is 14.4 Å². The third-order valence-electron chi connectivity index (χ3n) is 2.94. The van der Waals surface area contributed by atoms with E-state index in [0.29, 0.717) is 16.5 Å². The van der Waals surface area contributed by atoms with Crippen LogP contribution in [0.15, 0.2) is 41.7 Å². The summed E-state index contributed by atoms with van der Waals surface area (Å²) in [5.74, 6) is -0.130. The van der Waals surface area contributed by atoms with Gasteiger partial charge in [-0.25, -0.2) is 4.79 Å². The number of aromatic nitrogens is 1. The highest BCUT2D eigenvalue weighted by Gasteiger charge is 2.08. The van der Waals surface area contributed by atoms with Crippen molar-refractivity contribution in [2.24, 2.45) is 10.9 Å². The number of ether oxygens (including phenoxy) is 1. The Labute approximate surface area is 138 Å². The zero-order valence-electron chi connectivity index (χ0n) is 12.7. The molecule has 6 nitrogen and oxygen atoms in total. The molecule has 2 N–H and O–H groups in total. The number of nitrogens with zero attached hydrogens (tertiary/aromatic N) is 2. The van der Waals surface area contributed by atoms with E-state index in [1.54, 1.807) is 36.5 Å². The maximum absolute atomic E-state index is 11.6. The number of amidine groups is 1. The molecule has 2 aromatic rings. The van der Waals surface area contributed by atoms with Crippen molar-refractivity contribution in [2.45, 2.75) is 13.8 Å². The van der Waals surface area contributed by atoms with Crippen LogP contribution in [0.2, 0.25) is 5.02 Å². The largest absolute Gasteiger partial charge is 0.482 e. The molecular weight excluding hydrogens is 318 g/mol. The van der Waals surface area contributed by atoms with Crippen LogP contribution in [0.25, 0.3) is 0 Å². The predicted octanol–water partition coefficient (Wildman–Crippen LogP) is 2.59. The van der Waals surface area contributed by atoms with Gasteiger partial charge in [0.1, 0.15) is 11.4 Å². The van der Waals surface area contributed by atoms with Crippen molar-refractivity contribution in [3.8, 4) is 5.75 Å². The molecule has 120 valence electrons. The van der Waals surface area contributed by atoms with Crippen molar-refractivity contribution in [3.63, 3.8) is 0 Å². The third kappa shape index (κ3) is 4.69. The van der Waals surface area contributed by atoms with Crippen LogP contribution in [-0.2, 0) is 9.63 Å². The summed E-state index contributed by atoms with van der Waals surface area (Å²) >= 11 is 6.07. The smallest absolute Gasteiger partial charge is 0.372 e. The summed E-state index contributed by atoms with van der Waals surface area (Å²) in [6, 6.07) is 8.64. The fourth-order valence-corrected chi connectivity index (χ4v) is 1.93. The summed E-state index contributed by atoms with van der Waals surface area (Å²) in [4.78, 5) is 20.3. The van der Waals surface area contributed by atoms with E-state index in [9.17, 15) is 4.79 Å². The number of nitrogens with two attached hydrogens (primary N) is 1. The summed E-state index contributed by atoms with van der Waals surface area (Å²) in [7, 11) is 0. The van der Waals surface area contributed by atoms with E-state index in [-0.39, 0.29) is 12.4 Å². The molecule has 0 aliphatic heterocycles. The summed E-state index contributed by atoms with van der Waals surface area (Å²) in [5.41, 5.74) is 7.82. The fraction of sp³-hybridized carbons (Fsp3) is 0.188. The van der Waals surface area contributed by atoms with Gasteiger partial charge in [0.2, 0.25) is 0 Å². The SMILES string of the molecule is Cc1cc(OCC(=O)ON=C(N)c2ccccn2)cc(C)c1Cl. The molecule has 0 radical (unpaired) electrons. The van der Waals surface area contributed by atoms with Gasteiger partial charge >= 0.3 is 5.97 Å². The van der Waals surface area contributed by atoms with Gasteiger partial charge in [-0.2, -0.15) is 0 Å². The Kier molecular flexibility index (Phi) is 5.54. The van der Waals surface area contributed by atoms with Crippen molar-refractivity contribution in [3.05, 3.63) is 58.4 Å². The number of rotatable bonds is 5. The maximum atomic E-state index is 11.6. The standard InChI is InChI=1S/C16H16ClN3O3/c1-10-7-12(8-11(2)15(10)17)22-9-14(21)23-20-16(18)13-5-3-4-6-19-13/h3-8H,9H2,1-2H3,(H2,18,20). The van der Waals surface area contributed by atoms with Gasteiger partial charge in [-0.3, -0.25) is 4.98 Å². The van der Waals surface area contributed by atoms with Crippen molar-refractivity contribution in [1.82, 2.24) is 4.98 Å². The predicted molar refractivity (Wildman–Crippen MR) is 87.5 cm³/mol. The average molecular weight is 334 g/mol. The number of pyridine rings is 1. The first-order valence-electron chi connectivity index (χ1n) is 6.81. The Morgan fingerprint density at radius 1 is 1.30 bits per heavy atom. The first-order valence-corrected chi connectivity index (χ1v) is 7.19. The number of carbonyl (C=O) groups is 1. The molecule has 23 heavy (non-hydrogen) atoms. The highest BCUT2D eigenvalue weighted by molar-refractivity contribution is 6.32. The Balaban J connectivity index is 1.91. The lowest BCUT2D eigenvalue weighted by Crippen LogP contribution is -2.18. The Bertz CT molecular complexity index is 710. The molecule has 0 saturated heterocycles. The topological polar surface area (TPSA) is 86.8 Å². The number of carbonyl (C=O) groups excluding carboxylic acids is 1. The first-order chi connectivity index (χ1) is 11.0. The van der Waals surface area contributed by atoms with Crippen molar-refractivity contribution in [2.75, 3.05) is 6.61 Å². The summed E-state index contributed by atoms with van der Waals surface area (Å²) in [5, 5.41) is 4.21. The third-order valence-corrected chi connectivity index (χ3v) is 3.54. The quantitative estimate of drug-likeness (QED) is 0.393. The first kappa shape index (κ1) is 16.8. The molecule has 7 heteroatoms. The number of hydrogen-bond acceptors (Lipinski definition) is 5. The Morgan fingerprint density at radius 2 is 2.00 bits per heavy atom. The molecule has 0 spiro atoms. The minimum atomic E-state index is -0.672. The van der Waals surface area contributed by atoms with Gasteiger partial charge in [-0.05, 0) is 49.2 Å². The van der Waals surface area contributed by atoms with Crippen molar-refractivity contribution in [1.29, 1.82) is 0 Å². The monoisotopic (exact) mass is 333 g/mol. The number of halogens is 1. The molecule has 0 aliphatic carbocycles. The van der Waals surface area contributed by atoms with Gasteiger partial charge in [0.15, 0.2) is 12.4 Å². The second-order valence-corrected chi connectivity index (χ2v) is 5.19. The second kappa shape index (κ2) is 7.60. The van der Waals surface area contributed by atoms with Gasteiger partial charge in [0.25, 0.3) is 0 Å². The van der Waals surface area contributed by atoms with E-state index in [1.165, 1.54) is 0 Å². The van der Waals surface area contributed by atoms with Crippen LogP contribution in [0.1, 0.15) is 16.8 Å². The normalized spacial score (nSPS) is 11.2. The minimum absolute atomic E-state index is 0.0112. The molecule has 2 rings (SSSR count).